The lowest BCUT2D eigenvalue weighted by Gasteiger charge is -2.33. The summed E-state index contributed by atoms with van der Waals surface area (Å²) < 4.78 is 0. The molecule has 7 aromatic rings. The Kier molecular flexibility index (Phi) is 10.5. The van der Waals surface area contributed by atoms with Crippen molar-refractivity contribution in [1.82, 2.24) is 0 Å². The number of hydrogen-bond donors (Lipinski definition) is 0. The van der Waals surface area contributed by atoms with E-state index in [-0.39, 0.29) is 196 Å². The van der Waals surface area contributed by atoms with Gasteiger partial charge >= 0.3 is 0 Å². The van der Waals surface area contributed by atoms with E-state index >= 15 is 0 Å². The molecule has 0 saturated heterocycles. The number of benzene rings is 7. The molecule has 0 N–H and O–H groups in total. The van der Waals surface area contributed by atoms with E-state index in [9.17, 15) is 0 Å². The molecule has 46 radical (unpaired) electrons. The monoisotopic (exact) mass is 698 g/mol. The second kappa shape index (κ2) is 14.4. The van der Waals surface area contributed by atoms with Crippen LogP contribution < -0.4 is 125 Å². The van der Waals surface area contributed by atoms with Crippen molar-refractivity contribution in [3.63, 3.8) is 0 Å². The van der Waals surface area contributed by atoms with Crippen LogP contribution in [0.3, 0.4) is 0 Å². The van der Waals surface area contributed by atoms with Crippen LogP contribution in [0.25, 0.3) is 65.2 Å². The molecule has 0 atom stereocenters. The molecule has 1 aliphatic carbocycles. The van der Waals surface area contributed by atoms with Gasteiger partial charge in [-0.2, -0.15) is 0 Å². The van der Waals surface area contributed by atoms with Crippen molar-refractivity contribution >= 4 is 349 Å². The fourth-order valence-electron chi connectivity index (χ4n) is 8.98. The average molecular weight is 694 g/mol. The van der Waals surface area contributed by atoms with E-state index in [1.807, 2.05) is 0 Å². The highest BCUT2D eigenvalue weighted by molar-refractivity contribution is 6.76. The summed E-state index contributed by atoms with van der Waals surface area (Å²) in [6, 6.07) is 0. The maximum Gasteiger partial charge on any atom is 0.115 e. The third-order valence-electron chi connectivity index (χ3n) is 12.1. The molecular formula is C37HB23. The first-order chi connectivity index (χ1) is 27.9. The van der Waals surface area contributed by atoms with Gasteiger partial charge in [-0.3, -0.25) is 0 Å². The summed E-state index contributed by atoms with van der Waals surface area (Å²) in [4.78, 5) is 0. The SMILES string of the molecule is [B]C1=c2c([B])c([B])c([B])c([B])c2=C([B])C1c1c2c([B])c([B])c([B])c([B])c2c(-c2c([B])c([B])c3c([B])c([B])c4c([B])c([B])c([B])c([B])c4c3c2[B])c2c([B])c([B])c([B])c([B])c12. The predicted octanol–water partition coefficient (Wildman–Crippen LogP) is -18.0. The first-order valence-corrected chi connectivity index (χ1v) is 17.8. The van der Waals surface area contributed by atoms with Crippen molar-refractivity contribution in [2.24, 2.45) is 0 Å². The van der Waals surface area contributed by atoms with Crippen LogP contribution in [0.4, 0.5) is 0 Å². The van der Waals surface area contributed by atoms with Crippen molar-refractivity contribution in [2.45, 2.75) is 5.92 Å². The van der Waals surface area contributed by atoms with Crippen LogP contribution in [0.2, 0.25) is 0 Å². The third kappa shape index (κ3) is 5.32. The summed E-state index contributed by atoms with van der Waals surface area (Å²) in [5.74, 6) is -1.17. The molecule has 218 valence electrons. The van der Waals surface area contributed by atoms with Gasteiger partial charge in [0.25, 0.3) is 0 Å². The molecule has 0 amide bonds. The Bertz CT molecular complexity index is 3270. The van der Waals surface area contributed by atoms with Crippen molar-refractivity contribution in [3.8, 4) is 11.1 Å². The largest absolute Gasteiger partial charge is 0.115 e. The van der Waals surface area contributed by atoms with Gasteiger partial charge in [0.2, 0.25) is 0 Å². The highest BCUT2D eigenvalue weighted by Gasteiger charge is 2.33. The van der Waals surface area contributed by atoms with E-state index in [0.717, 1.165) is 0 Å². The Labute approximate surface area is 379 Å². The third-order valence-corrected chi connectivity index (χ3v) is 12.1. The van der Waals surface area contributed by atoms with Gasteiger partial charge in [-0.05, 0) is 70.2 Å². The zero-order chi connectivity index (χ0) is 44.4. The van der Waals surface area contributed by atoms with Crippen LogP contribution in [0.5, 0.6) is 0 Å². The average Bonchev–Trinajstić information content (AvgIpc) is 3.48. The molecule has 0 spiro atoms. The fraction of sp³-hybridized carbons (Fsp3) is 0.0270. The van der Waals surface area contributed by atoms with Gasteiger partial charge in [0, 0.05) is 5.92 Å². The standard InChI is InChI=1S/C37HB23/c38-15-7-8-12(27(50)35(58)34(57)22(8)45)26(49)25(48)11(7)24(47)23(46)10(15)2-5-3(18(41)30(53)32(55)20(5)43)1(4-6(2)21(44)33(56)31(54)19(4)42)9-16(39)13-14(17(9)40)29(52)37(60)36(59)28(13)51/h9H. The molecule has 23 heteroatoms. The highest BCUT2D eigenvalue weighted by atomic mass is 14.3. The van der Waals surface area contributed by atoms with Crippen molar-refractivity contribution < 1.29 is 0 Å². The molecule has 0 nitrogen and oxygen atoms in total. The van der Waals surface area contributed by atoms with Gasteiger partial charge in [0.1, 0.15) is 180 Å². The molecule has 0 bridgehead atoms. The Hall–Kier alpha value is -3.19. The lowest BCUT2D eigenvalue weighted by Crippen LogP contribution is -2.63. The van der Waals surface area contributed by atoms with E-state index in [2.05, 4.69) is 0 Å². The summed E-state index contributed by atoms with van der Waals surface area (Å²) in [5, 5.41) is 1.37. The Morgan fingerprint density at radius 2 is 0.433 bits per heavy atom. The fourth-order valence-corrected chi connectivity index (χ4v) is 8.98. The molecule has 0 aromatic heterocycles. The lowest BCUT2D eigenvalue weighted by molar-refractivity contribution is 1.25. The maximum absolute atomic E-state index is 7.27. The van der Waals surface area contributed by atoms with E-state index in [1.165, 1.54) is 0 Å². The summed E-state index contributed by atoms with van der Waals surface area (Å²) >= 11 is 0. The highest BCUT2D eigenvalue weighted by Crippen LogP contribution is 2.42. The maximum atomic E-state index is 7.27. The van der Waals surface area contributed by atoms with E-state index < -0.39 is 5.92 Å². The minimum atomic E-state index is -1.17. The molecule has 0 heterocycles. The molecular weight excluding hydrogens is 693 g/mol. The zero-order valence-electron chi connectivity index (χ0n) is 31.9. The topological polar surface area (TPSA) is 0 Å². The van der Waals surface area contributed by atoms with Gasteiger partial charge in [-0.1, -0.05) is 71.0 Å². The normalized spacial score (nSPS) is 13.1. The van der Waals surface area contributed by atoms with Crippen LogP contribution in [-0.4, -0.2) is 180 Å². The summed E-state index contributed by atoms with van der Waals surface area (Å²) in [6.07, 6.45) is 0. The van der Waals surface area contributed by atoms with Crippen LogP contribution in [0.15, 0.2) is 0 Å². The summed E-state index contributed by atoms with van der Waals surface area (Å²) in [6.45, 7) is 0. The van der Waals surface area contributed by atoms with E-state index in [0.29, 0.717) is 0 Å². The van der Waals surface area contributed by atoms with Gasteiger partial charge in [-0.25, -0.2) is 0 Å². The van der Waals surface area contributed by atoms with Crippen LogP contribution in [0.1, 0.15) is 11.5 Å². The summed E-state index contributed by atoms with van der Waals surface area (Å²) in [5.41, 5.74) is -1.15. The quantitative estimate of drug-likeness (QED) is 0.0960. The van der Waals surface area contributed by atoms with Crippen LogP contribution in [0, 0.1) is 0 Å². The molecule has 0 saturated carbocycles. The lowest BCUT2D eigenvalue weighted by atomic mass is 9.56. The zero-order valence-corrected chi connectivity index (χ0v) is 31.9. The number of rotatable bonds is 2. The van der Waals surface area contributed by atoms with E-state index in [1.54, 1.807) is 0 Å². The second-order valence-electron chi connectivity index (χ2n) is 14.9. The second-order valence-corrected chi connectivity index (χ2v) is 14.9. The van der Waals surface area contributed by atoms with Gasteiger partial charge in [0.15, 0.2) is 0 Å². The van der Waals surface area contributed by atoms with Gasteiger partial charge < -0.3 is 0 Å². The first kappa shape index (κ1) is 43.5. The first-order valence-electron chi connectivity index (χ1n) is 17.8. The minimum Gasteiger partial charge on any atom is -0.110 e. The van der Waals surface area contributed by atoms with Gasteiger partial charge in [0.05, 0.1) is 0 Å². The Balaban J connectivity index is 1.75. The van der Waals surface area contributed by atoms with Gasteiger partial charge in [-0.15, -0.1) is 54.6 Å². The predicted molar refractivity (Wildman–Crippen MR) is 282 cm³/mol. The smallest absolute Gasteiger partial charge is 0.110 e. The van der Waals surface area contributed by atoms with Crippen LogP contribution in [-0.2, 0) is 0 Å². The minimum absolute atomic E-state index is 0.00331. The number of fused-ring (bicyclic) bond motifs is 6. The Morgan fingerprint density at radius 3 is 0.800 bits per heavy atom. The van der Waals surface area contributed by atoms with Crippen LogP contribution >= 0.6 is 0 Å². The number of hydrogen-bond acceptors (Lipinski definition) is 0. The van der Waals surface area contributed by atoms with E-state index in [4.69, 9.17) is 180 Å². The molecule has 0 aliphatic heterocycles. The van der Waals surface area contributed by atoms with Crippen molar-refractivity contribution in [1.29, 1.82) is 0 Å². The summed E-state index contributed by atoms with van der Waals surface area (Å²) in [7, 11) is 154. The molecule has 7 aromatic carbocycles. The molecule has 60 heavy (non-hydrogen) atoms. The van der Waals surface area contributed by atoms with Crippen molar-refractivity contribution in [2.75, 3.05) is 0 Å². The molecule has 0 fully saturated rings. The van der Waals surface area contributed by atoms with Crippen molar-refractivity contribution in [3.05, 3.63) is 16.0 Å². The molecule has 1 aliphatic rings. The molecule has 0 unspecified atom stereocenters. The Morgan fingerprint density at radius 1 is 0.183 bits per heavy atom. The molecule has 8 rings (SSSR count).